The lowest BCUT2D eigenvalue weighted by molar-refractivity contribution is 0.0940. The van der Waals surface area contributed by atoms with Crippen LogP contribution in [-0.4, -0.2) is 15.7 Å². The minimum Gasteiger partial charge on any atom is -0.409 e. The van der Waals surface area contributed by atoms with Crippen LogP contribution in [0.15, 0.2) is 59.0 Å². The standard InChI is InChI=1S/C16H12N2O2S/c1-11-7-9-13(10-8-11)15(19)18-16(21)20-14(17-18)12-5-3-2-4-6-12/h2-10H,1H3. The number of aromatic nitrogens is 2. The molecule has 0 spiro atoms. The van der Waals surface area contributed by atoms with E-state index in [0.717, 1.165) is 15.8 Å². The van der Waals surface area contributed by atoms with Gasteiger partial charge in [0.25, 0.3) is 10.7 Å². The Kier molecular flexibility index (Phi) is 3.50. The third-order valence-electron chi connectivity index (χ3n) is 3.06. The van der Waals surface area contributed by atoms with Gasteiger partial charge in [0.1, 0.15) is 0 Å². The topological polar surface area (TPSA) is 48.0 Å². The summed E-state index contributed by atoms with van der Waals surface area (Å²) < 4.78 is 6.53. The molecule has 4 nitrogen and oxygen atoms in total. The van der Waals surface area contributed by atoms with Crippen molar-refractivity contribution in [1.29, 1.82) is 0 Å². The summed E-state index contributed by atoms with van der Waals surface area (Å²) in [6.45, 7) is 1.96. The Morgan fingerprint density at radius 3 is 2.43 bits per heavy atom. The summed E-state index contributed by atoms with van der Waals surface area (Å²) >= 11 is 5.09. The van der Waals surface area contributed by atoms with E-state index in [2.05, 4.69) is 5.10 Å². The highest BCUT2D eigenvalue weighted by molar-refractivity contribution is 7.71. The molecule has 3 rings (SSSR count). The molecule has 0 aliphatic rings. The van der Waals surface area contributed by atoms with Crippen molar-refractivity contribution in [1.82, 2.24) is 9.78 Å². The van der Waals surface area contributed by atoms with Crippen molar-refractivity contribution in [2.24, 2.45) is 0 Å². The van der Waals surface area contributed by atoms with E-state index in [1.165, 1.54) is 0 Å². The first-order valence-corrected chi connectivity index (χ1v) is 6.83. The van der Waals surface area contributed by atoms with Gasteiger partial charge in [-0.15, -0.1) is 9.78 Å². The van der Waals surface area contributed by atoms with E-state index >= 15 is 0 Å². The van der Waals surface area contributed by atoms with Crippen LogP contribution in [0.25, 0.3) is 11.5 Å². The summed E-state index contributed by atoms with van der Waals surface area (Å²) in [6, 6.07) is 16.6. The van der Waals surface area contributed by atoms with Gasteiger partial charge < -0.3 is 4.42 Å². The minimum atomic E-state index is -0.300. The number of rotatable bonds is 2. The van der Waals surface area contributed by atoms with Gasteiger partial charge in [0.15, 0.2) is 0 Å². The van der Waals surface area contributed by atoms with Gasteiger partial charge in [-0.05, 0) is 43.4 Å². The highest BCUT2D eigenvalue weighted by Crippen LogP contribution is 2.17. The van der Waals surface area contributed by atoms with E-state index < -0.39 is 0 Å². The average Bonchev–Trinajstić information content (AvgIpc) is 2.90. The van der Waals surface area contributed by atoms with E-state index in [0.29, 0.717) is 11.5 Å². The number of nitrogens with zero attached hydrogens (tertiary/aromatic N) is 2. The summed E-state index contributed by atoms with van der Waals surface area (Å²) in [6.07, 6.45) is 0. The summed E-state index contributed by atoms with van der Waals surface area (Å²) in [4.78, 5) is 12.4. The maximum atomic E-state index is 12.4. The Morgan fingerprint density at radius 1 is 1.10 bits per heavy atom. The molecule has 0 amide bonds. The van der Waals surface area contributed by atoms with E-state index in [4.69, 9.17) is 16.6 Å². The van der Waals surface area contributed by atoms with Gasteiger partial charge in [-0.25, -0.2) is 0 Å². The fourth-order valence-corrected chi connectivity index (χ4v) is 2.12. The van der Waals surface area contributed by atoms with Gasteiger partial charge in [-0.1, -0.05) is 35.9 Å². The van der Waals surface area contributed by atoms with Crippen LogP contribution >= 0.6 is 12.2 Å². The third-order valence-corrected chi connectivity index (χ3v) is 3.32. The monoisotopic (exact) mass is 296 g/mol. The quantitative estimate of drug-likeness (QED) is 0.674. The Bertz CT molecular complexity index is 833. The molecule has 0 fully saturated rings. The molecule has 0 aliphatic heterocycles. The zero-order chi connectivity index (χ0) is 14.8. The van der Waals surface area contributed by atoms with Crippen molar-refractivity contribution in [3.63, 3.8) is 0 Å². The van der Waals surface area contributed by atoms with Crippen LogP contribution in [0, 0.1) is 11.8 Å². The summed E-state index contributed by atoms with van der Waals surface area (Å²) in [5.41, 5.74) is 2.38. The molecule has 0 radical (unpaired) electrons. The molecule has 0 unspecified atom stereocenters. The van der Waals surface area contributed by atoms with Gasteiger partial charge >= 0.3 is 0 Å². The molecule has 1 heterocycles. The van der Waals surface area contributed by atoms with E-state index in [1.54, 1.807) is 12.1 Å². The first-order chi connectivity index (χ1) is 10.1. The fourth-order valence-electron chi connectivity index (χ4n) is 1.92. The lowest BCUT2D eigenvalue weighted by Crippen LogP contribution is -2.13. The van der Waals surface area contributed by atoms with Crippen molar-refractivity contribution in [2.45, 2.75) is 6.92 Å². The molecule has 104 valence electrons. The van der Waals surface area contributed by atoms with E-state index in [-0.39, 0.29) is 10.7 Å². The molecule has 0 aliphatic carbocycles. The number of hydrogen-bond donors (Lipinski definition) is 0. The van der Waals surface area contributed by atoms with Crippen LogP contribution in [0.5, 0.6) is 0 Å². The van der Waals surface area contributed by atoms with Crippen LogP contribution < -0.4 is 0 Å². The van der Waals surface area contributed by atoms with Crippen molar-refractivity contribution < 1.29 is 9.21 Å². The van der Waals surface area contributed by atoms with Crippen LogP contribution in [0.3, 0.4) is 0 Å². The predicted octanol–water partition coefficient (Wildman–Crippen LogP) is 3.87. The normalized spacial score (nSPS) is 10.5. The van der Waals surface area contributed by atoms with Crippen LogP contribution in [0.4, 0.5) is 0 Å². The summed E-state index contributed by atoms with van der Waals surface area (Å²) in [5, 5.41) is 4.18. The maximum absolute atomic E-state index is 12.4. The molecule has 0 saturated heterocycles. The molecule has 3 aromatic rings. The van der Waals surface area contributed by atoms with E-state index in [1.807, 2.05) is 49.4 Å². The highest BCUT2D eigenvalue weighted by Gasteiger charge is 2.15. The van der Waals surface area contributed by atoms with Gasteiger partial charge in [0.2, 0.25) is 5.89 Å². The Hall–Kier alpha value is -2.53. The minimum absolute atomic E-state index is 0.0411. The number of aryl methyl sites for hydroxylation is 1. The lowest BCUT2D eigenvalue weighted by Gasteiger charge is -1.99. The molecule has 0 saturated carbocycles. The number of carbonyl (C=O) groups excluding carboxylic acids is 1. The van der Waals surface area contributed by atoms with Crippen molar-refractivity contribution in [2.75, 3.05) is 0 Å². The van der Waals surface area contributed by atoms with Crippen LogP contribution in [0.1, 0.15) is 15.9 Å². The van der Waals surface area contributed by atoms with Crippen LogP contribution in [0.2, 0.25) is 0 Å². The number of carbonyl (C=O) groups is 1. The fraction of sp³-hybridized carbons (Fsp3) is 0.0625. The number of benzene rings is 2. The number of hydrogen-bond acceptors (Lipinski definition) is 4. The second-order valence-corrected chi connectivity index (χ2v) is 4.97. The third kappa shape index (κ3) is 2.68. The molecular weight excluding hydrogens is 284 g/mol. The maximum Gasteiger partial charge on any atom is 0.295 e. The Morgan fingerprint density at radius 2 is 1.76 bits per heavy atom. The molecule has 0 N–H and O–H groups in total. The highest BCUT2D eigenvalue weighted by atomic mass is 32.1. The second kappa shape index (κ2) is 5.46. The van der Waals surface area contributed by atoms with Crippen LogP contribution in [-0.2, 0) is 0 Å². The van der Waals surface area contributed by atoms with Crippen molar-refractivity contribution >= 4 is 18.1 Å². The Balaban J connectivity index is 2.00. The molecule has 0 bridgehead atoms. The molecule has 2 aromatic carbocycles. The van der Waals surface area contributed by atoms with Gasteiger partial charge in [-0.3, -0.25) is 4.79 Å². The smallest absolute Gasteiger partial charge is 0.295 e. The predicted molar refractivity (Wildman–Crippen MR) is 81.7 cm³/mol. The van der Waals surface area contributed by atoms with Gasteiger partial charge in [0, 0.05) is 11.1 Å². The Labute approximate surface area is 126 Å². The van der Waals surface area contributed by atoms with Crippen molar-refractivity contribution in [3.05, 3.63) is 70.6 Å². The summed E-state index contributed by atoms with van der Waals surface area (Å²) in [5.74, 6) is 0.0343. The summed E-state index contributed by atoms with van der Waals surface area (Å²) in [7, 11) is 0. The largest absolute Gasteiger partial charge is 0.409 e. The zero-order valence-electron chi connectivity index (χ0n) is 11.3. The second-order valence-electron chi connectivity index (χ2n) is 4.62. The first-order valence-electron chi connectivity index (χ1n) is 6.42. The van der Waals surface area contributed by atoms with E-state index in [9.17, 15) is 4.79 Å². The first kappa shape index (κ1) is 13.5. The zero-order valence-corrected chi connectivity index (χ0v) is 12.1. The lowest BCUT2D eigenvalue weighted by atomic mass is 10.1. The molecule has 5 heteroatoms. The molecular formula is C16H12N2O2S. The molecule has 21 heavy (non-hydrogen) atoms. The van der Waals surface area contributed by atoms with Crippen molar-refractivity contribution in [3.8, 4) is 11.5 Å². The van der Waals surface area contributed by atoms with Gasteiger partial charge in [0.05, 0.1) is 0 Å². The SMILES string of the molecule is Cc1ccc(C(=O)n2nc(-c3ccccc3)oc2=S)cc1. The molecule has 1 aromatic heterocycles. The average molecular weight is 296 g/mol. The van der Waals surface area contributed by atoms with Gasteiger partial charge in [-0.2, -0.15) is 0 Å². The molecule has 0 atom stereocenters.